The van der Waals surface area contributed by atoms with Crippen LogP contribution in [0.1, 0.15) is 23.9 Å². The number of amides is 2. The molecule has 2 rings (SSSR count). The van der Waals surface area contributed by atoms with Gasteiger partial charge in [0.2, 0.25) is 5.91 Å². The van der Waals surface area contributed by atoms with Crippen molar-refractivity contribution < 1.29 is 18.8 Å². The van der Waals surface area contributed by atoms with E-state index in [0.29, 0.717) is 45.9 Å². The number of carbonyl (C=O) groups excluding carboxylic acids is 2. The number of aryl methyl sites for hydroxylation is 2. The highest BCUT2D eigenvalue weighted by atomic mass is 16.6. The summed E-state index contributed by atoms with van der Waals surface area (Å²) in [6.45, 7) is 8.97. The van der Waals surface area contributed by atoms with Gasteiger partial charge in [-0.1, -0.05) is 5.16 Å². The van der Waals surface area contributed by atoms with Crippen LogP contribution in [-0.4, -0.2) is 78.2 Å². The summed E-state index contributed by atoms with van der Waals surface area (Å²) >= 11 is 0. The van der Waals surface area contributed by atoms with Gasteiger partial charge in [-0.3, -0.25) is 9.69 Å². The molecule has 0 N–H and O–H groups in total. The molecule has 2 heterocycles. The number of aromatic nitrogens is 1. The second-order valence-electron chi connectivity index (χ2n) is 6.04. The van der Waals surface area contributed by atoms with E-state index in [-0.39, 0.29) is 12.0 Å². The van der Waals surface area contributed by atoms with Gasteiger partial charge in [-0.05, 0) is 27.8 Å². The second-order valence-corrected chi connectivity index (χ2v) is 6.04. The first kappa shape index (κ1) is 18.3. The van der Waals surface area contributed by atoms with E-state index in [0.717, 1.165) is 17.0 Å². The topological polar surface area (TPSA) is 79.1 Å². The van der Waals surface area contributed by atoms with Crippen LogP contribution in [0.4, 0.5) is 4.79 Å². The maximum atomic E-state index is 12.4. The molecule has 0 bridgehead atoms. The Labute approximate surface area is 142 Å². The Morgan fingerprint density at radius 1 is 1.21 bits per heavy atom. The minimum atomic E-state index is -0.305. The summed E-state index contributed by atoms with van der Waals surface area (Å²) in [7, 11) is 1.90. The normalized spacial score (nSPS) is 15.0. The first-order chi connectivity index (χ1) is 11.4. The third kappa shape index (κ3) is 4.47. The highest BCUT2D eigenvalue weighted by molar-refractivity contribution is 5.78. The molecule has 0 radical (unpaired) electrons. The maximum absolute atomic E-state index is 12.4. The average molecular weight is 338 g/mol. The number of likely N-dealkylation sites (N-methyl/N-ethyl adjacent to an activating group) is 1. The molecule has 0 saturated carbocycles. The molecule has 1 aliphatic rings. The SMILES string of the molecule is CCOC(=O)N1CCN(C(=O)CN(C)Cc2c(C)noc2C)CC1. The molecule has 8 heteroatoms. The fourth-order valence-electron chi connectivity index (χ4n) is 2.74. The van der Waals surface area contributed by atoms with Crippen molar-refractivity contribution in [3.63, 3.8) is 0 Å². The molecule has 1 saturated heterocycles. The van der Waals surface area contributed by atoms with Gasteiger partial charge >= 0.3 is 6.09 Å². The molecule has 1 aliphatic heterocycles. The lowest BCUT2D eigenvalue weighted by molar-refractivity contribution is -0.133. The quantitative estimate of drug-likeness (QED) is 0.798. The van der Waals surface area contributed by atoms with Crippen LogP contribution >= 0.6 is 0 Å². The molecule has 1 aromatic heterocycles. The molecule has 1 aromatic rings. The molecule has 134 valence electrons. The summed E-state index contributed by atoms with van der Waals surface area (Å²) in [5.41, 5.74) is 1.88. The van der Waals surface area contributed by atoms with Crippen LogP contribution in [0.2, 0.25) is 0 Å². The summed E-state index contributed by atoms with van der Waals surface area (Å²) in [5.74, 6) is 0.850. The minimum Gasteiger partial charge on any atom is -0.450 e. The van der Waals surface area contributed by atoms with E-state index in [4.69, 9.17) is 9.26 Å². The van der Waals surface area contributed by atoms with Gasteiger partial charge < -0.3 is 19.1 Å². The summed E-state index contributed by atoms with van der Waals surface area (Å²) in [4.78, 5) is 29.5. The highest BCUT2D eigenvalue weighted by Crippen LogP contribution is 2.14. The zero-order valence-electron chi connectivity index (χ0n) is 14.9. The van der Waals surface area contributed by atoms with Crippen LogP contribution in [0.5, 0.6) is 0 Å². The van der Waals surface area contributed by atoms with E-state index in [9.17, 15) is 9.59 Å². The first-order valence-electron chi connectivity index (χ1n) is 8.22. The van der Waals surface area contributed by atoms with Crippen molar-refractivity contribution in [3.05, 3.63) is 17.0 Å². The number of rotatable bonds is 5. The smallest absolute Gasteiger partial charge is 0.409 e. The molecule has 0 atom stereocenters. The number of hydrogen-bond donors (Lipinski definition) is 0. The molecule has 0 unspecified atom stereocenters. The zero-order valence-corrected chi connectivity index (χ0v) is 14.9. The Morgan fingerprint density at radius 2 is 1.83 bits per heavy atom. The number of nitrogens with zero attached hydrogens (tertiary/aromatic N) is 4. The van der Waals surface area contributed by atoms with Crippen molar-refractivity contribution in [2.45, 2.75) is 27.3 Å². The van der Waals surface area contributed by atoms with Crippen molar-refractivity contribution in [1.29, 1.82) is 0 Å². The van der Waals surface area contributed by atoms with Crippen LogP contribution < -0.4 is 0 Å². The molecule has 1 fully saturated rings. The Balaban J connectivity index is 1.80. The number of hydrogen-bond acceptors (Lipinski definition) is 6. The van der Waals surface area contributed by atoms with Crippen LogP contribution in [0.25, 0.3) is 0 Å². The van der Waals surface area contributed by atoms with E-state index in [1.807, 2.05) is 25.8 Å². The largest absolute Gasteiger partial charge is 0.450 e. The Morgan fingerprint density at radius 3 is 2.38 bits per heavy atom. The minimum absolute atomic E-state index is 0.0627. The van der Waals surface area contributed by atoms with Gasteiger partial charge in [-0.15, -0.1) is 0 Å². The lowest BCUT2D eigenvalue weighted by Gasteiger charge is -2.34. The predicted octanol–water partition coefficient (Wildman–Crippen LogP) is 1.02. The Bertz CT molecular complexity index is 559. The summed E-state index contributed by atoms with van der Waals surface area (Å²) in [6.07, 6.45) is -0.305. The van der Waals surface area contributed by atoms with Gasteiger partial charge in [0.05, 0.1) is 18.8 Å². The number of piperazine rings is 1. The molecule has 0 spiro atoms. The third-order valence-electron chi connectivity index (χ3n) is 4.17. The van der Waals surface area contributed by atoms with Gasteiger partial charge in [-0.2, -0.15) is 0 Å². The molecular formula is C16H26N4O4. The Hall–Kier alpha value is -2.09. The number of carbonyl (C=O) groups is 2. The fourth-order valence-corrected chi connectivity index (χ4v) is 2.74. The van der Waals surface area contributed by atoms with E-state index in [1.165, 1.54) is 0 Å². The summed E-state index contributed by atoms with van der Waals surface area (Å²) < 4.78 is 10.1. The van der Waals surface area contributed by atoms with Gasteiger partial charge in [-0.25, -0.2) is 4.79 Å². The van der Waals surface area contributed by atoms with Crippen molar-refractivity contribution in [1.82, 2.24) is 19.9 Å². The van der Waals surface area contributed by atoms with Crippen molar-refractivity contribution in [3.8, 4) is 0 Å². The molecule has 0 aliphatic carbocycles. The lowest BCUT2D eigenvalue weighted by Crippen LogP contribution is -2.52. The van der Waals surface area contributed by atoms with Crippen molar-refractivity contribution in [2.24, 2.45) is 0 Å². The lowest BCUT2D eigenvalue weighted by atomic mass is 10.2. The highest BCUT2D eigenvalue weighted by Gasteiger charge is 2.25. The van der Waals surface area contributed by atoms with Gasteiger partial charge in [0.15, 0.2) is 0 Å². The van der Waals surface area contributed by atoms with Crippen LogP contribution in [0.3, 0.4) is 0 Å². The maximum Gasteiger partial charge on any atom is 0.409 e. The molecular weight excluding hydrogens is 312 g/mol. The van der Waals surface area contributed by atoms with Gasteiger partial charge in [0, 0.05) is 38.3 Å². The standard InChI is InChI=1S/C16H26N4O4/c1-5-23-16(22)20-8-6-19(7-9-20)15(21)11-18(4)10-14-12(2)17-24-13(14)3/h5-11H2,1-4H3. The molecule has 8 nitrogen and oxygen atoms in total. The van der Waals surface area contributed by atoms with E-state index < -0.39 is 0 Å². The number of ether oxygens (including phenoxy) is 1. The molecule has 2 amide bonds. The summed E-state index contributed by atoms with van der Waals surface area (Å²) in [5, 5.41) is 3.93. The van der Waals surface area contributed by atoms with Gasteiger partial charge in [0.25, 0.3) is 0 Å². The monoisotopic (exact) mass is 338 g/mol. The van der Waals surface area contributed by atoms with Crippen molar-refractivity contribution in [2.75, 3.05) is 46.4 Å². The van der Waals surface area contributed by atoms with Crippen molar-refractivity contribution >= 4 is 12.0 Å². The first-order valence-corrected chi connectivity index (χ1v) is 8.22. The van der Waals surface area contributed by atoms with Crippen LogP contribution in [0, 0.1) is 13.8 Å². The van der Waals surface area contributed by atoms with E-state index >= 15 is 0 Å². The van der Waals surface area contributed by atoms with Crippen LogP contribution in [0.15, 0.2) is 4.52 Å². The van der Waals surface area contributed by atoms with E-state index in [1.54, 1.807) is 16.7 Å². The van der Waals surface area contributed by atoms with Gasteiger partial charge in [0.1, 0.15) is 5.76 Å². The molecule has 24 heavy (non-hydrogen) atoms. The zero-order chi connectivity index (χ0) is 17.7. The average Bonchev–Trinajstić information content (AvgIpc) is 2.87. The summed E-state index contributed by atoms with van der Waals surface area (Å²) in [6, 6.07) is 0. The molecule has 0 aromatic carbocycles. The third-order valence-corrected chi connectivity index (χ3v) is 4.17. The van der Waals surface area contributed by atoms with Crippen LogP contribution in [-0.2, 0) is 16.1 Å². The van der Waals surface area contributed by atoms with E-state index in [2.05, 4.69) is 5.16 Å². The fraction of sp³-hybridized carbons (Fsp3) is 0.688. The Kier molecular flexibility index (Phi) is 6.19. The second kappa shape index (κ2) is 8.14. The predicted molar refractivity (Wildman–Crippen MR) is 87.5 cm³/mol.